The van der Waals surface area contributed by atoms with E-state index in [1.807, 2.05) is 20.8 Å². The maximum Gasteiger partial charge on any atom is 0.250 e. The number of nitrogens with zero attached hydrogens (tertiary/aromatic N) is 1. The van der Waals surface area contributed by atoms with Crippen molar-refractivity contribution in [2.75, 3.05) is 26.7 Å². The van der Waals surface area contributed by atoms with Crippen LogP contribution in [-0.4, -0.2) is 52.5 Å². The van der Waals surface area contributed by atoms with Gasteiger partial charge in [-0.15, -0.1) is 11.3 Å². The summed E-state index contributed by atoms with van der Waals surface area (Å²) in [5.74, 6) is 0.276. The summed E-state index contributed by atoms with van der Waals surface area (Å²) in [6.07, 6.45) is 0. The fourth-order valence-corrected chi connectivity index (χ4v) is 3.77. The van der Waals surface area contributed by atoms with Gasteiger partial charge in [-0.2, -0.15) is 0 Å². The molecule has 0 unspecified atom stereocenters. The summed E-state index contributed by atoms with van der Waals surface area (Å²) in [6.45, 7) is 6.32. The zero-order valence-corrected chi connectivity index (χ0v) is 16.0. The van der Waals surface area contributed by atoms with Crippen molar-refractivity contribution in [2.45, 2.75) is 30.5 Å². The second-order valence-electron chi connectivity index (χ2n) is 5.98. The van der Waals surface area contributed by atoms with Crippen LogP contribution in [0.4, 0.5) is 0 Å². The van der Waals surface area contributed by atoms with Crippen molar-refractivity contribution in [2.24, 2.45) is 4.99 Å². The largest absolute Gasteiger partial charge is 0.355 e. The Hall–Kier alpha value is -1.65. The Morgan fingerprint density at radius 2 is 1.96 bits per heavy atom. The van der Waals surface area contributed by atoms with E-state index in [0.717, 1.165) is 11.3 Å². The molecule has 0 atom stereocenters. The highest BCUT2D eigenvalue weighted by atomic mass is 32.2. The Morgan fingerprint density at radius 1 is 1.25 bits per heavy atom. The molecule has 0 radical (unpaired) electrons. The monoisotopic (exact) mass is 375 g/mol. The standard InChI is InChI=1S/C14H25N5O3S2/c1-14(2,3)19-11(20)10-17-13(15-4)16-7-8-18-24(21,22)12-6-5-9-23-12/h5-6,9,18H,7-8,10H2,1-4H3,(H,19,20)(H2,15,16,17). The first-order valence-electron chi connectivity index (χ1n) is 7.43. The molecule has 0 aliphatic rings. The second-order valence-corrected chi connectivity index (χ2v) is 8.92. The number of hydrogen-bond donors (Lipinski definition) is 4. The van der Waals surface area contributed by atoms with E-state index in [4.69, 9.17) is 0 Å². The third-order valence-corrected chi connectivity index (χ3v) is 5.48. The number of carbonyl (C=O) groups excluding carboxylic acids is 1. The molecule has 24 heavy (non-hydrogen) atoms. The van der Waals surface area contributed by atoms with Crippen LogP contribution in [0.5, 0.6) is 0 Å². The highest BCUT2D eigenvalue weighted by molar-refractivity contribution is 7.91. The summed E-state index contributed by atoms with van der Waals surface area (Å²) in [4.78, 5) is 15.7. The summed E-state index contributed by atoms with van der Waals surface area (Å²) in [5.41, 5.74) is -0.296. The molecule has 1 heterocycles. The number of sulfonamides is 1. The van der Waals surface area contributed by atoms with E-state index in [1.54, 1.807) is 24.6 Å². The van der Waals surface area contributed by atoms with Gasteiger partial charge in [0.1, 0.15) is 4.21 Å². The lowest BCUT2D eigenvalue weighted by Gasteiger charge is -2.21. The third kappa shape index (κ3) is 7.75. The van der Waals surface area contributed by atoms with Gasteiger partial charge in [-0.05, 0) is 32.2 Å². The van der Waals surface area contributed by atoms with E-state index < -0.39 is 10.0 Å². The van der Waals surface area contributed by atoms with Gasteiger partial charge in [-0.1, -0.05) is 6.07 Å². The number of amides is 1. The number of carbonyl (C=O) groups is 1. The van der Waals surface area contributed by atoms with E-state index in [1.165, 1.54) is 0 Å². The molecule has 1 rings (SSSR count). The van der Waals surface area contributed by atoms with Crippen molar-refractivity contribution >= 4 is 33.2 Å². The summed E-state index contributed by atoms with van der Waals surface area (Å²) >= 11 is 1.16. The molecular weight excluding hydrogens is 350 g/mol. The van der Waals surface area contributed by atoms with Crippen molar-refractivity contribution < 1.29 is 13.2 Å². The molecule has 10 heteroatoms. The van der Waals surface area contributed by atoms with Crippen LogP contribution in [0.15, 0.2) is 26.7 Å². The Morgan fingerprint density at radius 3 is 2.50 bits per heavy atom. The summed E-state index contributed by atoms with van der Waals surface area (Å²) in [6, 6.07) is 3.24. The maximum absolute atomic E-state index is 11.9. The minimum absolute atomic E-state index is 0.0812. The summed E-state index contributed by atoms with van der Waals surface area (Å²) in [5, 5.41) is 10.3. The van der Waals surface area contributed by atoms with Crippen LogP contribution in [0.3, 0.4) is 0 Å². The lowest BCUT2D eigenvalue weighted by Crippen LogP contribution is -2.48. The number of aliphatic imine (C=N–C) groups is 1. The fraction of sp³-hybridized carbons (Fsp3) is 0.571. The summed E-state index contributed by atoms with van der Waals surface area (Å²) < 4.78 is 26.6. The van der Waals surface area contributed by atoms with E-state index in [-0.39, 0.29) is 28.7 Å². The van der Waals surface area contributed by atoms with Crippen molar-refractivity contribution in [3.8, 4) is 0 Å². The quantitative estimate of drug-likeness (QED) is 0.307. The lowest BCUT2D eigenvalue weighted by atomic mass is 10.1. The smallest absolute Gasteiger partial charge is 0.250 e. The number of thiophene rings is 1. The van der Waals surface area contributed by atoms with Crippen LogP contribution in [0.1, 0.15) is 20.8 Å². The molecule has 0 bridgehead atoms. The van der Waals surface area contributed by atoms with E-state index >= 15 is 0 Å². The van der Waals surface area contributed by atoms with Gasteiger partial charge in [0.15, 0.2) is 5.96 Å². The van der Waals surface area contributed by atoms with E-state index in [0.29, 0.717) is 12.5 Å². The molecule has 0 aliphatic heterocycles. The predicted molar refractivity (Wildman–Crippen MR) is 96.8 cm³/mol. The van der Waals surface area contributed by atoms with Gasteiger partial charge in [-0.3, -0.25) is 9.79 Å². The Labute approximate surface area is 147 Å². The molecule has 1 aromatic heterocycles. The molecule has 8 nitrogen and oxygen atoms in total. The second kappa shape index (κ2) is 9.00. The van der Waals surface area contributed by atoms with E-state index in [2.05, 4.69) is 25.7 Å². The van der Waals surface area contributed by atoms with Crippen LogP contribution in [-0.2, 0) is 14.8 Å². The van der Waals surface area contributed by atoms with Crippen LogP contribution in [0, 0.1) is 0 Å². The number of hydrogen-bond acceptors (Lipinski definition) is 5. The van der Waals surface area contributed by atoms with Crippen molar-refractivity contribution in [3.05, 3.63) is 17.5 Å². The van der Waals surface area contributed by atoms with Crippen molar-refractivity contribution in [3.63, 3.8) is 0 Å². The molecule has 1 aromatic rings. The number of nitrogens with one attached hydrogen (secondary N) is 4. The minimum Gasteiger partial charge on any atom is -0.355 e. The highest BCUT2D eigenvalue weighted by Crippen LogP contribution is 2.14. The van der Waals surface area contributed by atoms with E-state index in [9.17, 15) is 13.2 Å². The zero-order valence-electron chi connectivity index (χ0n) is 14.3. The third-order valence-electron chi connectivity index (χ3n) is 2.62. The van der Waals surface area contributed by atoms with Gasteiger partial charge in [0.2, 0.25) is 15.9 Å². The Bertz CT molecular complexity index is 648. The van der Waals surface area contributed by atoms with Gasteiger partial charge in [-0.25, -0.2) is 13.1 Å². The molecule has 0 fully saturated rings. The molecule has 4 N–H and O–H groups in total. The van der Waals surface area contributed by atoms with Gasteiger partial charge in [0, 0.05) is 25.7 Å². The minimum atomic E-state index is -3.46. The average molecular weight is 376 g/mol. The fourth-order valence-electron chi connectivity index (χ4n) is 1.70. The van der Waals surface area contributed by atoms with Crippen LogP contribution < -0.4 is 20.7 Å². The molecule has 136 valence electrons. The van der Waals surface area contributed by atoms with Crippen LogP contribution in [0.25, 0.3) is 0 Å². The van der Waals surface area contributed by atoms with Crippen molar-refractivity contribution in [1.82, 2.24) is 20.7 Å². The maximum atomic E-state index is 11.9. The average Bonchev–Trinajstić information content (AvgIpc) is 2.99. The molecule has 0 saturated carbocycles. The normalized spacial score (nSPS) is 12.8. The molecular formula is C14H25N5O3S2. The predicted octanol–water partition coefficient (Wildman–Crippen LogP) is 0.106. The SMILES string of the molecule is CN=C(NCCNS(=O)(=O)c1cccs1)NCC(=O)NC(C)(C)C. The van der Waals surface area contributed by atoms with Gasteiger partial charge < -0.3 is 16.0 Å². The first-order chi connectivity index (χ1) is 11.1. The molecule has 1 amide bonds. The highest BCUT2D eigenvalue weighted by Gasteiger charge is 2.15. The Kier molecular flexibility index (Phi) is 7.64. The van der Waals surface area contributed by atoms with Gasteiger partial charge in [0.25, 0.3) is 0 Å². The molecule has 0 spiro atoms. The zero-order chi connectivity index (χ0) is 18.2. The first-order valence-corrected chi connectivity index (χ1v) is 9.79. The van der Waals surface area contributed by atoms with Gasteiger partial charge >= 0.3 is 0 Å². The Balaban J connectivity index is 2.31. The van der Waals surface area contributed by atoms with Crippen LogP contribution >= 0.6 is 11.3 Å². The topological polar surface area (TPSA) is 112 Å². The molecule has 0 aromatic carbocycles. The molecule has 0 aliphatic carbocycles. The van der Waals surface area contributed by atoms with Crippen LogP contribution in [0.2, 0.25) is 0 Å². The molecule has 0 saturated heterocycles. The lowest BCUT2D eigenvalue weighted by molar-refractivity contribution is -0.121. The van der Waals surface area contributed by atoms with Crippen molar-refractivity contribution in [1.29, 1.82) is 0 Å². The summed E-state index contributed by atoms with van der Waals surface area (Å²) in [7, 11) is -1.89. The number of rotatable bonds is 7. The number of guanidine groups is 1. The van der Waals surface area contributed by atoms with Gasteiger partial charge in [0.05, 0.1) is 6.54 Å². The first kappa shape index (κ1) is 20.4.